The van der Waals surface area contributed by atoms with E-state index in [1.807, 2.05) is 30.3 Å². The summed E-state index contributed by atoms with van der Waals surface area (Å²) in [5.74, 6) is 0.266. The number of anilines is 2. The topological polar surface area (TPSA) is 71.3 Å². The molecule has 0 aliphatic heterocycles. The van der Waals surface area contributed by atoms with Crippen LogP contribution in [-0.4, -0.2) is 11.8 Å². The monoisotopic (exact) mass is 380 g/mol. The summed E-state index contributed by atoms with van der Waals surface area (Å²) in [5.41, 5.74) is 2.36. The minimum absolute atomic E-state index is 0.192. The van der Waals surface area contributed by atoms with Crippen LogP contribution in [0.5, 0.6) is 0 Å². The Hall–Kier alpha value is -2.86. The van der Waals surface area contributed by atoms with Crippen molar-refractivity contribution in [3.63, 3.8) is 0 Å². The average molecular weight is 380 g/mol. The SMILES string of the molecule is C[C@H]1CCc2c(sc(NC(=O)c3ccco3)c2C(=O)Nc2ccccc2)C1. The zero-order chi connectivity index (χ0) is 18.8. The van der Waals surface area contributed by atoms with Crippen LogP contribution >= 0.6 is 11.3 Å². The van der Waals surface area contributed by atoms with Crippen molar-refractivity contribution >= 4 is 33.8 Å². The molecule has 0 radical (unpaired) electrons. The molecule has 5 nitrogen and oxygen atoms in total. The van der Waals surface area contributed by atoms with Crippen molar-refractivity contribution in [2.75, 3.05) is 10.6 Å². The number of hydrogen-bond donors (Lipinski definition) is 2. The third-order valence-electron chi connectivity index (χ3n) is 4.74. The van der Waals surface area contributed by atoms with E-state index in [-0.39, 0.29) is 17.6 Å². The number of furan rings is 1. The van der Waals surface area contributed by atoms with Crippen LogP contribution < -0.4 is 10.6 Å². The van der Waals surface area contributed by atoms with Crippen LogP contribution in [0.1, 0.15) is 44.7 Å². The summed E-state index contributed by atoms with van der Waals surface area (Å²) in [6.07, 6.45) is 4.28. The summed E-state index contributed by atoms with van der Waals surface area (Å²) in [6.45, 7) is 2.22. The molecule has 0 saturated heterocycles. The van der Waals surface area contributed by atoms with Gasteiger partial charge >= 0.3 is 0 Å². The van der Waals surface area contributed by atoms with Gasteiger partial charge in [0.2, 0.25) is 0 Å². The van der Waals surface area contributed by atoms with Gasteiger partial charge in [0, 0.05) is 10.6 Å². The van der Waals surface area contributed by atoms with Crippen molar-refractivity contribution in [2.24, 2.45) is 5.92 Å². The average Bonchev–Trinajstić information content (AvgIpc) is 3.29. The smallest absolute Gasteiger partial charge is 0.291 e. The first-order valence-electron chi connectivity index (χ1n) is 8.97. The van der Waals surface area contributed by atoms with Gasteiger partial charge in [-0.25, -0.2) is 0 Å². The summed E-state index contributed by atoms with van der Waals surface area (Å²) >= 11 is 1.50. The molecule has 138 valence electrons. The first-order chi connectivity index (χ1) is 13.1. The molecule has 2 aromatic heterocycles. The maximum Gasteiger partial charge on any atom is 0.291 e. The number of hydrogen-bond acceptors (Lipinski definition) is 4. The number of amides is 2. The molecule has 1 aliphatic carbocycles. The second kappa shape index (κ2) is 7.40. The van der Waals surface area contributed by atoms with Crippen LogP contribution in [0.4, 0.5) is 10.7 Å². The molecule has 2 amide bonds. The minimum atomic E-state index is -0.347. The van der Waals surface area contributed by atoms with Gasteiger partial charge in [-0.3, -0.25) is 9.59 Å². The Morgan fingerprint density at radius 1 is 1.07 bits per heavy atom. The Morgan fingerprint density at radius 2 is 1.89 bits per heavy atom. The third kappa shape index (κ3) is 3.66. The highest BCUT2D eigenvalue weighted by atomic mass is 32.1. The van der Waals surface area contributed by atoms with Crippen molar-refractivity contribution in [3.8, 4) is 0 Å². The van der Waals surface area contributed by atoms with Crippen LogP contribution in [0.15, 0.2) is 53.1 Å². The Balaban J connectivity index is 1.67. The van der Waals surface area contributed by atoms with Gasteiger partial charge in [0.25, 0.3) is 11.8 Å². The largest absolute Gasteiger partial charge is 0.459 e. The molecule has 2 heterocycles. The lowest BCUT2D eigenvalue weighted by Gasteiger charge is -2.18. The number of carbonyl (C=O) groups excluding carboxylic acids is 2. The summed E-state index contributed by atoms with van der Waals surface area (Å²) in [7, 11) is 0. The van der Waals surface area contributed by atoms with E-state index in [0.717, 1.165) is 30.5 Å². The van der Waals surface area contributed by atoms with Crippen LogP contribution in [0.25, 0.3) is 0 Å². The fourth-order valence-electron chi connectivity index (χ4n) is 3.37. The van der Waals surface area contributed by atoms with E-state index in [0.29, 0.717) is 16.5 Å². The van der Waals surface area contributed by atoms with E-state index >= 15 is 0 Å². The molecule has 6 heteroatoms. The number of para-hydroxylation sites is 1. The van der Waals surface area contributed by atoms with Crippen molar-refractivity contribution in [1.29, 1.82) is 0 Å². The van der Waals surface area contributed by atoms with Gasteiger partial charge in [0.1, 0.15) is 5.00 Å². The minimum Gasteiger partial charge on any atom is -0.459 e. The van der Waals surface area contributed by atoms with Gasteiger partial charge in [-0.2, -0.15) is 0 Å². The highest BCUT2D eigenvalue weighted by molar-refractivity contribution is 7.17. The maximum atomic E-state index is 13.0. The molecule has 0 fully saturated rings. The van der Waals surface area contributed by atoms with Crippen LogP contribution in [-0.2, 0) is 12.8 Å². The van der Waals surface area contributed by atoms with E-state index in [1.165, 1.54) is 22.5 Å². The standard InChI is InChI=1S/C21H20N2O3S/c1-13-9-10-15-17(12-13)27-21(23-19(24)16-8-5-11-26-16)18(15)20(25)22-14-6-3-2-4-7-14/h2-8,11,13H,9-10,12H2,1H3,(H,22,25)(H,23,24)/t13-/m0/s1. The second-order valence-corrected chi connectivity index (χ2v) is 7.91. The predicted octanol–water partition coefficient (Wildman–Crippen LogP) is 4.97. The maximum absolute atomic E-state index is 13.0. The number of fused-ring (bicyclic) bond motifs is 1. The molecule has 1 atom stereocenters. The number of nitrogens with one attached hydrogen (secondary N) is 2. The van der Waals surface area contributed by atoms with Crippen LogP contribution in [0, 0.1) is 5.92 Å². The first-order valence-corrected chi connectivity index (χ1v) is 9.79. The number of benzene rings is 1. The number of thiophene rings is 1. The van der Waals surface area contributed by atoms with E-state index in [1.54, 1.807) is 12.1 Å². The van der Waals surface area contributed by atoms with Gasteiger partial charge < -0.3 is 15.1 Å². The Morgan fingerprint density at radius 3 is 2.63 bits per heavy atom. The molecule has 3 aromatic rings. The highest BCUT2D eigenvalue weighted by Gasteiger charge is 2.28. The zero-order valence-electron chi connectivity index (χ0n) is 15.0. The first kappa shape index (κ1) is 17.5. The molecule has 4 rings (SSSR count). The number of carbonyl (C=O) groups is 2. The van der Waals surface area contributed by atoms with Crippen LogP contribution in [0.2, 0.25) is 0 Å². The summed E-state index contributed by atoms with van der Waals surface area (Å²) < 4.78 is 5.17. The van der Waals surface area contributed by atoms with Gasteiger partial charge in [-0.1, -0.05) is 25.1 Å². The molecule has 2 N–H and O–H groups in total. The fraction of sp³-hybridized carbons (Fsp3) is 0.238. The Bertz CT molecular complexity index is 961. The predicted molar refractivity (Wildman–Crippen MR) is 107 cm³/mol. The zero-order valence-corrected chi connectivity index (χ0v) is 15.8. The van der Waals surface area contributed by atoms with Crippen molar-refractivity contribution < 1.29 is 14.0 Å². The molecular weight excluding hydrogens is 360 g/mol. The van der Waals surface area contributed by atoms with Crippen molar-refractivity contribution in [2.45, 2.75) is 26.2 Å². The lowest BCUT2D eigenvalue weighted by atomic mass is 9.88. The van der Waals surface area contributed by atoms with E-state index in [2.05, 4.69) is 17.6 Å². The van der Waals surface area contributed by atoms with Gasteiger partial charge in [0.05, 0.1) is 11.8 Å². The summed E-state index contributed by atoms with van der Waals surface area (Å²) in [4.78, 5) is 26.7. The molecule has 0 unspecified atom stereocenters. The molecular formula is C21H20N2O3S. The van der Waals surface area contributed by atoms with E-state index in [4.69, 9.17) is 4.42 Å². The molecule has 0 saturated carbocycles. The van der Waals surface area contributed by atoms with Crippen molar-refractivity contribution in [3.05, 3.63) is 70.5 Å². The fourth-order valence-corrected chi connectivity index (χ4v) is 4.77. The quantitative estimate of drug-likeness (QED) is 0.671. The normalized spacial score (nSPS) is 15.8. The van der Waals surface area contributed by atoms with Gasteiger partial charge in [-0.15, -0.1) is 11.3 Å². The lowest BCUT2D eigenvalue weighted by Crippen LogP contribution is -2.19. The van der Waals surface area contributed by atoms with Crippen LogP contribution in [0.3, 0.4) is 0 Å². The lowest BCUT2D eigenvalue weighted by molar-refractivity contribution is 0.0997. The summed E-state index contributed by atoms with van der Waals surface area (Å²) in [5, 5.41) is 6.41. The Labute approximate surface area is 161 Å². The molecule has 27 heavy (non-hydrogen) atoms. The molecule has 1 aromatic carbocycles. The molecule has 0 bridgehead atoms. The van der Waals surface area contributed by atoms with E-state index < -0.39 is 0 Å². The highest BCUT2D eigenvalue weighted by Crippen LogP contribution is 2.40. The van der Waals surface area contributed by atoms with Gasteiger partial charge in [-0.05, 0) is 55.0 Å². The molecule has 1 aliphatic rings. The van der Waals surface area contributed by atoms with Crippen molar-refractivity contribution in [1.82, 2.24) is 0 Å². The van der Waals surface area contributed by atoms with E-state index in [9.17, 15) is 9.59 Å². The number of rotatable bonds is 4. The van der Waals surface area contributed by atoms with Gasteiger partial charge in [0.15, 0.2) is 5.76 Å². The summed E-state index contributed by atoms with van der Waals surface area (Å²) in [6, 6.07) is 12.6. The third-order valence-corrected chi connectivity index (χ3v) is 5.91. The molecule has 0 spiro atoms. The Kier molecular flexibility index (Phi) is 4.81. The second-order valence-electron chi connectivity index (χ2n) is 6.81.